The highest BCUT2D eigenvalue weighted by molar-refractivity contribution is 7.80. The molecule has 1 aromatic heterocycles. The molecule has 0 aliphatic heterocycles. The number of hydrogen-bond donors (Lipinski definition) is 2. The summed E-state index contributed by atoms with van der Waals surface area (Å²) in [6, 6.07) is 3.95. The molecule has 0 amide bonds. The molecule has 1 atom stereocenters. The molecule has 0 aliphatic carbocycles. The molecule has 1 unspecified atom stereocenters. The Bertz CT molecular complexity index is 535. The number of thiol groups is 1. The van der Waals surface area contributed by atoms with Gasteiger partial charge in [-0.3, -0.25) is 0 Å². The Morgan fingerprint density at radius 1 is 1.14 bits per heavy atom. The van der Waals surface area contributed by atoms with E-state index in [2.05, 4.69) is 27.9 Å². The van der Waals surface area contributed by atoms with E-state index in [1.807, 2.05) is 0 Å². The largest absolute Gasteiger partial charge is 0.407 e. The minimum Gasteiger partial charge on any atom is -0.306 e. The van der Waals surface area contributed by atoms with Crippen molar-refractivity contribution >= 4 is 24.2 Å². The number of nitrogens with one attached hydrogen (secondary N) is 1. The van der Waals surface area contributed by atoms with Crippen molar-refractivity contribution in [3.63, 3.8) is 0 Å². The Balaban J connectivity index is 0.000000262. The molecule has 0 saturated carbocycles. The Kier molecular flexibility index (Phi) is 6.94. The fourth-order valence-electron chi connectivity index (χ4n) is 1.47. The molecule has 1 heterocycles. The maximum atomic E-state index is 12.4. The molecule has 0 saturated heterocycles. The van der Waals surface area contributed by atoms with Gasteiger partial charge in [-0.2, -0.15) is 13.2 Å². The van der Waals surface area contributed by atoms with Crippen molar-refractivity contribution in [2.45, 2.75) is 17.1 Å². The van der Waals surface area contributed by atoms with Crippen LogP contribution >= 0.6 is 24.2 Å². The maximum absolute atomic E-state index is 12.4. The smallest absolute Gasteiger partial charge is 0.306 e. The van der Waals surface area contributed by atoms with Crippen LogP contribution in [0.25, 0.3) is 0 Å². The third-order valence-electron chi connectivity index (χ3n) is 2.37. The molecular formula is C13H13ClF3N3S. The van der Waals surface area contributed by atoms with Gasteiger partial charge in [-0.25, -0.2) is 9.97 Å². The number of halogens is 4. The SMILES string of the molecule is CNC(c1ccc(Cl)cc1)C(F)(F)F.Sc1cncnc1. The van der Waals surface area contributed by atoms with E-state index < -0.39 is 12.2 Å². The zero-order valence-electron chi connectivity index (χ0n) is 11.0. The first-order valence-corrected chi connectivity index (χ1v) is 6.60. The molecule has 2 aromatic rings. The molecule has 21 heavy (non-hydrogen) atoms. The quantitative estimate of drug-likeness (QED) is 0.817. The van der Waals surface area contributed by atoms with Crippen molar-refractivity contribution in [2.75, 3.05) is 7.05 Å². The summed E-state index contributed by atoms with van der Waals surface area (Å²) < 4.78 is 37.2. The second-order valence-corrected chi connectivity index (χ2v) is 4.86. The summed E-state index contributed by atoms with van der Waals surface area (Å²) in [6.07, 6.45) is 0.453. The van der Waals surface area contributed by atoms with Crippen LogP contribution in [0.5, 0.6) is 0 Å². The highest BCUT2D eigenvalue weighted by Gasteiger charge is 2.39. The average molecular weight is 336 g/mol. The van der Waals surface area contributed by atoms with Crippen molar-refractivity contribution in [2.24, 2.45) is 0 Å². The number of hydrogen-bond acceptors (Lipinski definition) is 4. The van der Waals surface area contributed by atoms with Gasteiger partial charge in [-0.1, -0.05) is 23.7 Å². The van der Waals surface area contributed by atoms with Gasteiger partial charge in [0.05, 0.1) is 0 Å². The first-order chi connectivity index (χ1) is 9.84. The van der Waals surface area contributed by atoms with E-state index in [-0.39, 0.29) is 5.56 Å². The lowest BCUT2D eigenvalue weighted by atomic mass is 10.1. The van der Waals surface area contributed by atoms with Gasteiger partial charge >= 0.3 is 6.18 Å². The van der Waals surface area contributed by atoms with Gasteiger partial charge in [0, 0.05) is 22.3 Å². The zero-order valence-corrected chi connectivity index (χ0v) is 12.6. The van der Waals surface area contributed by atoms with E-state index in [4.69, 9.17) is 11.6 Å². The molecule has 0 fully saturated rings. The van der Waals surface area contributed by atoms with Crippen LogP contribution in [-0.4, -0.2) is 23.2 Å². The van der Waals surface area contributed by atoms with Crippen LogP contribution in [0.1, 0.15) is 11.6 Å². The second-order valence-electron chi connectivity index (χ2n) is 3.91. The van der Waals surface area contributed by atoms with Gasteiger partial charge in [0.2, 0.25) is 0 Å². The van der Waals surface area contributed by atoms with E-state index in [1.165, 1.54) is 37.6 Å². The van der Waals surface area contributed by atoms with Crippen LogP contribution in [0.4, 0.5) is 13.2 Å². The fraction of sp³-hybridized carbons (Fsp3) is 0.231. The van der Waals surface area contributed by atoms with Crippen molar-refractivity contribution in [3.05, 3.63) is 53.6 Å². The number of benzene rings is 1. The highest BCUT2D eigenvalue weighted by Crippen LogP contribution is 2.32. The molecular weight excluding hydrogens is 323 g/mol. The summed E-state index contributed by atoms with van der Waals surface area (Å²) in [5.41, 5.74) is 0.157. The Labute approximate surface area is 131 Å². The highest BCUT2D eigenvalue weighted by atomic mass is 35.5. The molecule has 114 valence electrons. The number of aromatic nitrogens is 2. The summed E-state index contributed by atoms with van der Waals surface area (Å²) in [7, 11) is 1.27. The summed E-state index contributed by atoms with van der Waals surface area (Å²) in [5, 5.41) is 2.63. The van der Waals surface area contributed by atoms with Crippen molar-refractivity contribution in [1.82, 2.24) is 15.3 Å². The zero-order chi connectivity index (χ0) is 15.9. The molecule has 0 aliphatic rings. The van der Waals surface area contributed by atoms with E-state index in [9.17, 15) is 13.2 Å². The molecule has 2 rings (SSSR count). The van der Waals surface area contributed by atoms with Crippen LogP contribution < -0.4 is 5.32 Å². The molecule has 0 bridgehead atoms. The van der Waals surface area contributed by atoms with E-state index in [0.717, 1.165) is 4.90 Å². The second kappa shape index (κ2) is 8.21. The lowest BCUT2D eigenvalue weighted by Gasteiger charge is -2.19. The van der Waals surface area contributed by atoms with Gasteiger partial charge in [0.1, 0.15) is 12.4 Å². The maximum Gasteiger partial charge on any atom is 0.407 e. The predicted molar refractivity (Wildman–Crippen MR) is 78.6 cm³/mol. The summed E-state index contributed by atoms with van der Waals surface area (Å²) >= 11 is 9.53. The van der Waals surface area contributed by atoms with Crippen molar-refractivity contribution in [3.8, 4) is 0 Å². The van der Waals surface area contributed by atoms with Crippen LogP contribution in [0.15, 0.2) is 47.9 Å². The van der Waals surface area contributed by atoms with Crippen LogP contribution in [0, 0.1) is 0 Å². The average Bonchev–Trinajstić information content (AvgIpc) is 2.42. The first kappa shape index (κ1) is 17.7. The van der Waals surface area contributed by atoms with Gasteiger partial charge in [0.15, 0.2) is 0 Å². The van der Waals surface area contributed by atoms with Gasteiger partial charge in [-0.05, 0) is 24.7 Å². The predicted octanol–water partition coefficient (Wildman–Crippen LogP) is 3.93. The third kappa shape index (κ3) is 6.33. The molecule has 1 aromatic carbocycles. The van der Waals surface area contributed by atoms with E-state index >= 15 is 0 Å². The lowest BCUT2D eigenvalue weighted by Crippen LogP contribution is -2.31. The number of alkyl halides is 3. The van der Waals surface area contributed by atoms with E-state index in [1.54, 1.807) is 12.4 Å². The van der Waals surface area contributed by atoms with Gasteiger partial charge in [0.25, 0.3) is 0 Å². The Hall–Kier alpha value is -1.31. The minimum absolute atomic E-state index is 0.157. The number of rotatable bonds is 2. The van der Waals surface area contributed by atoms with Crippen molar-refractivity contribution < 1.29 is 13.2 Å². The summed E-state index contributed by atoms with van der Waals surface area (Å²) in [4.78, 5) is 8.19. The molecule has 1 N–H and O–H groups in total. The Morgan fingerprint density at radius 3 is 2.00 bits per heavy atom. The van der Waals surface area contributed by atoms with Crippen molar-refractivity contribution in [1.29, 1.82) is 0 Å². The monoisotopic (exact) mass is 335 g/mol. The van der Waals surface area contributed by atoms with E-state index in [0.29, 0.717) is 5.02 Å². The Morgan fingerprint density at radius 2 is 1.67 bits per heavy atom. The molecule has 8 heteroatoms. The summed E-state index contributed by atoms with van der Waals surface area (Å²) in [6.45, 7) is 0. The van der Waals surface area contributed by atoms with Crippen LogP contribution in [-0.2, 0) is 0 Å². The van der Waals surface area contributed by atoms with Crippen LogP contribution in [0.3, 0.4) is 0 Å². The normalized spacial score (nSPS) is 12.3. The van der Waals surface area contributed by atoms with Gasteiger partial charge in [-0.15, -0.1) is 12.6 Å². The molecule has 3 nitrogen and oxygen atoms in total. The third-order valence-corrected chi connectivity index (χ3v) is 2.85. The topological polar surface area (TPSA) is 37.8 Å². The first-order valence-electron chi connectivity index (χ1n) is 5.78. The van der Waals surface area contributed by atoms with Crippen LogP contribution in [0.2, 0.25) is 5.02 Å². The van der Waals surface area contributed by atoms with Gasteiger partial charge < -0.3 is 5.32 Å². The minimum atomic E-state index is -4.29. The number of nitrogens with zero attached hydrogens (tertiary/aromatic N) is 2. The fourth-order valence-corrected chi connectivity index (χ4v) is 1.73. The summed E-state index contributed by atoms with van der Waals surface area (Å²) in [5.74, 6) is 0. The standard InChI is InChI=1S/C9H9ClF3N.C4H4N2S/c1-14-8(9(11,12)13)6-2-4-7(10)5-3-6;7-4-1-5-3-6-2-4/h2-5,8,14H,1H3;1-3,7H. The molecule has 0 spiro atoms. The lowest BCUT2D eigenvalue weighted by molar-refractivity contribution is -0.156. The molecule has 0 radical (unpaired) electrons.